The van der Waals surface area contributed by atoms with Crippen molar-refractivity contribution < 1.29 is 19.1 Å². The van der Waals surface area contributed by atoms with Crippen LogP contribution in [-0.4, -0.2) is 22.8 Å². The maximum absolute atomic E-state index is 13.0. The Labute approximate surface area is 108 Å². The van der Waals surface area contributed by atoms with E-state index in [0.29, 0.717) is 5.56 Å². The summed E-state index contributed by atoms with van der Waals surface area (Å²) in [5.41, 5.74) is -0.674. The smallest absolute Gasteiger partial charge is 0.371 e. The van der Waals surface area contributed by atoms with Crippen molar-refractivity contribution in [2.45, 2.75) is 18.4 Å². The van der Waals surface area contributed by atoms with Crippen LogP contribution in [-0.2, 0) is 15.1 Å². The zero-order valence-electron chi connectivity index (χ0n) is 9.89. The second kappa shape index (κ2) is 3.88. The normalized spacial score (nSPS) is 25.9. The molecule has 3 rings (SSSR count). The summed E-state index contributed by atoms with van der Waals surface area (Å²) in [4.78, 5) is 27.2. The molecule has 0 bridgehead atoms. The summed E-state index contributed by atoms with van der Waals surface area (Å²) in [6, 6.07) is 5.48. The van der Waals surface area contributed by atoms with Gasteiger partial charge in [0, 0.05) is 0 Å². The first-order valence-electron chi connectivity index (χ1n) is 5.94. The molecule has 0 saturated heterocycles. The first kappa shape index (κ1) is 11.8. The Hall–Kier alpha value is -2.24. The molecule has 0 radical (unpaired) electrons. The molecule has 0 spiro atoms. The number of amidine groups is 1. The lowest BCUT2D eigenvalue weighted by molar-refractivity contribution is -0.130. The van der Waals surface area contributed by atoms with E-state index >= 15 is 0 Å². The van der Waals surface area contributed by atoms with E-state index in [0.717, 1.165) is 12.8 Å². The van der Waals surface area contributed by atoms with Crippen molar-refractivity contribution >= 4 is 17.7 Å². The highest BCUT2D eigenvalue weighted by atomic mass is 19.1. The van der Waals surface area contributed by atoms with Crippen molar-refractivity contribution in [3.63, 3.8) is 0 Å². The monoisotopic (exact) mass is 262 g/mol. The highest BCUT2D eigenvalue weighted by Gasteiger charge is 2.56. The van der Waals surface area contributed by atoms with Crippen LogP contribution in [0.4, 0.5) is 4.39 Å². The van der Waals surface area contributed by atoms with Crippen LogP contribution in [0.15, 0.2) is 29.3 Å². The number of amides is 1. The largest absolute Gasteiger partial charge is 0.475 e. The number of benzene rings is 1. The molecule has 1 atom stereocenters. The van der Waals surface area contributed by atoms with E-state index in [9.17, 15) is 14.0 Å². The Balaban J connectivity index is 2.12. The first-order chi connectivity index (χ1) is 9.04. The minimum absolute atomic E-state index is 0.0187. The van der Waals surface area contributed by atoms with Gasteiger partial charge in [-0.3, -0.25) is 4.79 Å². The van der Waals surface area contributed by atoms with Gasteiger partial charge in [0.25, 0.3) is 5.91 Å². The van der Waals surface area contributed by atoms with Crippen LogP contribution < -0.4 is 5.32 Å². The van der Waals surface area contributed by atoms with Crippen LogP contribution in [0, 0.1) is 11.7 Å². The zero-order valence-corrected chi connectivity index (χ0v) is 9.89. The second-order valence-corrected chi connectivity index (χ2v) is 4.77. The third kappa shape index (κ3) is 1.71. The fourth-order valence-electron chi connectivity index (χ4n) is 2.47. The molecular formula is C13H11FN2O3. The molecule has 2 aliphatic rings. The lowest BCUT2D eigenvalue weighted by Crippen LogP contribution is -2.40. The number of carboxylic acids is 1. The number of carbonyl (C=O) groups is 2. The van der Waals surface area contributed by atoms with Gasteiger partial charge in [-0.2, -0.15) is 0 Å². The molecule has 1 aromatic rings. The Kier molecular flexibility index (Phi) is 2.41. The number of halogens is 1. The number of nitrogens with one attached hydrogen (secondary N) is 1. The van der Waals surface area contributed by atoms with E-state index in [1.54, 1.807) is 0 Å². The topological polar surface area (TPSA) is 78.8 Å². The van der Waals surface area contributed by atoms with Gasteiger partial charge in [0.1, 0.15) is 5.82 Å². The van der Waals surface area contributed by atoms with Gasteiger partial charge in [-0.25, -0.2) is 14.2 Å². The number of nitrogens with zero attached hydrogens (tertiary/aromatic N) is 1. The minimum Gasteiger partial charge on any atom is -0.475 e. The molecular weight excluding hydrogens is 251 g/mol. The Bertz CT molecular complexity index is 592. The van der Waals surface area contributed by atoms with Crippen LogP contribution in [0.2, 0.25) is 0 Å². The van der Waals surface area contributed by atoms with Gasteiger partial charge < -0.3 is 10.4 Å². The highest BCUT2D eigenvalue weighted by Crippen LogP contribution is 2.50. The van der Waals surface area contributed by atoms with Crippen LogP contribution in [0.25, 0.3) is 0 Å². The third-order valence-electron chi connectivity index (χ3n) is 3.52. The number of carbonyl (C=O) groups excluding carboxylic acids is 1. The number of rotatable bonds is 3. The Morgan fingerprint density at radius 3 is 2.47 bits per heavy atom. The minimum atomic E-state index is -1.27. The van der Waals surface area contributed by atoms with Crippen LogP contribution in [0.1, 0.15) is 18.4 Å². The molecule has 98 valence electrons. The fraction of sp³-hybridized carbons (Fsp3) is 0.308. The molecule has 6 heteroatoms. The summed E-state index contributed by atoms with van der Waals surface area (Å²) >= 11 is 0. The molecule has 1 saturated carbocycles. The number of aliphatic imine (C=N–C) groups is 1. The van der Waals surface area contributed by atoms with Gasteiger partial charge in [-0.05, 0) is 36.5 Å². The molecule has 19 heavy (non-hydrogen) atoms. The van der Waals surface area contributed by atoms with Crippen LogP contribution in [0.3, 0.4) is 0 Å². The maximum atomic E-state index is 13.0. The molecule has 1 unspecified atom stereocenters. The Morgan fingerprint density at radius 1 is 1.37 bits per heavy atom. The van der Waals surface area contributed by atoms with Gasteiger partial charge in [0.2, 0.25) is 5.84 Å². The second-order valence-electron chi connectivity index (χ2n) is 4.77. The third-order valence-corrected chi connectivity index (χ3v) is 3.52. The van der Waals surface area contributed by atoms with Gasteiger partial charge >= 0.3 is 5.97 Å². The van der Waals surface area contributed by atoms with Crippen molar-refractivity contribution in [1.29, 1.82) is 0 Å². The molecule has 0 aromatic heterocycles. The van der Waals surface area contributed by atoms with Crippen molar-refractivity contribution in [1.82, 2.24) is 5.32 Å². The lowest BCUT2D eigenvalue weighted by atomic mass is 9.85. The first-order valence-corrected chi connectivity index (χ1v) is 5.94. The van der Waals surface area contributed by atoms with Gasteiger partial charge in [-0.1, -0.05) is 12.1 Å². The fourth-order valence-corrected chi connectivity index (χ4v) is 2.47. The summed E-state index contributed by atoms with van der Waals surface area (Å²) < 4.78 is 13.0. The van der Waals surface area contributed by atoms with Crippen LogP contribution in [0.5, 0.6) is 0 Å². The summed E-state index contributed by atoms with van der Waals surface area (Å²) in [7, 11) is 0. The maximum Gasteiger partial charge on any atom is 0.371 e. The molecule has 1 aromatic carbocycles. The summed E-state index contributed by atoms with van der Waals surface area (Å²) in [5.74, 6) is -2.48. The number of hydrogen-bond acceptors (Lipinski definition) is 3. The highest BCUT2D eigenvalue weighted by molar-refractivity contribution is 6.40. The molecule has 1 aliphatic carbocycles. The molecule has 1 amide bonds. The van der Waals surface area contributed by atoms with Crippen LogP contribution >= 0.6 is 0 Å². The molecule has 1 aliphatic heterocycles. The Morgan fingerprint density at radius 2 is 2.00 bits per heavy atom. The summed E-state index contributed by atoms with van der Waals surface area (Å²) in [6.07, 6.45) is 1.61. The molecule has 5 nitrogen and oxygen atoms in total. The number of hydrogen-bond donors (Lipinski definition) is 2. The van der Waals surface area contributed by atoms with Crippen molar-refractivity contribution in [2.75, 3.05) is 0 Å². The summed E-state index contributed by atoms with van der Waals surface area (Å²) in [6.45, 7) is 0. The van der Waals surface area contributed by atoms with Gasteiger partial charge in [0.05, 0.1) is 0 Å². The quantitative estimate of drug-likeness (QED) is 0.854. The average Bonchev–Trinajstić information content (AvgIpc) is 3.15. The van der Waals surface area contributed by atoms with E-state index < -0.39 is 23.2 Å². The van der Waals surface area contributed by atoms with Crippen molar-refractivity contribution in [3.8, 4) is 0 Å². The molecule has 2 N–H and O–H groups in total. The standard InChI is InChI=1S/C13H11FN2O3/c14-9-5-3-8(4-6-9)13(7-1-2-7)12(19)15-10(16-13)11(17)18/h3-7H,1-2H2,(H,17,18)(H,15,16,19). The van der Waals surface area contributed by atoms with E-state index in [1.807, 2.05) is 0 Å². The number of aliphatic carboxylic acids is 1. The molecule has 1 fully saturated rings. The van der Waals surface area contributed by atoms with Crippen molar-refractivity contribution in [3.05, 3.63) is 35.6 Å². The zero-order chi connectivity index (χ0) is 13.6. The van der Waals surface area contributed by atoms with E-state index in [4.69, 9.17) is 5.11 Å². The van der Waals surface area contributed by atoms with E-state index in [2.05, 4.69) is 10.3 Å². The van der Waals surface area contributed by atoms with Crippen molar-refractivity contribution in [2.24, 2.45) is 10.9 Å². The lowest BCUT2D eigenvalue weighted by Gasteiger charge is -2.23. The van der Waals surface area contributed by atoms with Gasteiger partial charge in [-0.15, -0.1) is 0 Å². The average molecular weight is 262 g/mol. The molecule has 1 heterocycles. The predicted molar refractivity (Wildman–Crippen MR) is 64.0 cm³/mol. The SMILES string of the molecule is O=C(O)C1=NC(c2ccc(F)cc2)(C2CC2)C(=O)N1. The van der Waals surface area contributed by atoms with E-state index in [1.165, 1.54) is 24.3 Å². The number of carboxylic acid groups (broad SMARTS) is 1. The summed E-state index contributed by atoms with van der Waals surface area (Å²) in [5, 5.41) is 11.2. The van der Waals surface area contributed by atoms with E-state index in [-0.39, 0.29) is 11.8 Å². The van der Waals surface area contributed by atoms with Gasteiger partial charge in [0.15, 0.2) is 5.54 Å². The predicted octanol–water partition coefficient (Wildman–Crippen LogP) is 1.04.